The molecule has 0 aromatic carbocycles. The van der Waals surface area contributed by atoms with Crippen LogP contribution in [0.25, 0.3) is 0 Å². The summed E-state index contributed by atoms with van der Waals surface area (Å²) in [4.78, 5) is 10.8. The molecule has 2 nitrogen and oxygen atoms in total. The first-order chi connectivity index (χ1) is 7.12. The van der Waals surface area contributed by atoms with Crippen LogP contribution in [0.4, 0.5) is 22.0 Å². The quantitative estimate of drug-likeness (QED) is 0.565. The minimum absolute atomic E-state index is 0.469. The monoisotopic (exact) mass is 266 g/mol. The molecule has 0 spiro atoms. The van der Waals surface area contributed by atoms with Crippen molar-refractivity contribution in [3.63, 3.8) is 0 Å². The van der Waals surface area contributed by atoms with E-state index in [-0.39, 0.29) is 0 Å². The van der Waals surface area contributed by atoms with E-state index in [1.807, 2.05) is 0 Å². The molecular formula is C8H11F5O2S. The highest BCUT2D eigenvalue weighted by Crippen LogP contribution is 2.38. The number of ether oxygens (including phenoxy) is 1. The molecule has 0 aliphatic rings. The van der Waals surface area contributed by atoms with Gasteiger partial charge < -0.3 is 4.74 Å². The Hall–Kier alpha value is -0.530. The van der Waals surface area contributed by atoms with Crippen molar-refractivity contribution in [1.82, 2.24) is 0 Å². The maximum Gasteiger partial charge on any atom is 0.453 e. The first-order valence-electron chi connectivity index (χ1n) is 4.26. The smallest absolute Gasteiger partial charge is 0.453 e. The summed E-state index contributed by atoms with van der Waals surface area (Å²) in [6, 6.07) is 0. The molecule has 16 heavy (non-hydrogen) atoms. The summed E-state index contributed by atoms with van der Waals surface area (Å²) in [6.07, 6.45) is -6.88. The van der Waals surface area contributed by atoms with Crippen LogP contribution in [0.1, 0.15) is 13.3 Å². The first kappa shape index (κ1) is 15.5. The number of methoxy groups -OCH3 is 1. The molecule has 0 heterocycles. The van der Waals surface area contributed by atoms with Crippen molar-refractivity contribution in [2.45, 2.75) is 30.7 Å². The van der Waals surface area contributed by atoms with E-state index in [9.17, 15) is 26.7 Å². The van der Waals surface area contributed by atoms with E-state index < -0.39 is 35.5 Å². The van der Waals surface area contributed by atoms with Gasteiger partial charge in [0.25, 0.3) is 0 Å². The Labute approximate surface area is 93.5 Å². The summed E-state index contributed by atoms with van der Waals surface area (Å²) >= 11 is 0.698. The summed E-state index contributed by atoms with van der Waals surface area (Å²) in [5.41, 5.74) is 0. The molecule has 0 aromatic heterocycles. The summed E-state index contributed by atoms with van der Waals surface area (Å²) in [6.45, 7) is 1.38. The minimum atomic E-state index is -5.54. The van der Waals surface area contributed by atoms with Gasteiger partial charge in [0, 0.05) is 12.2 Å². The number of rotatable bonds is 5. The Morgan fingerprint density at radius 2 is 1.81 bits per heavy atom. The molecular weight excluding hydrogens is 255 g/mol. The highest BCUT2D eigenvalue weighted by Gasteiger charge is 2.56. The zero-order valence-corrected chi connectivity index (χ0v) is 9.42. The maximum absolute atomic E-state index is 12.4. The van der Waals surface area contributed by atoms with Crippen LogP contribution in [0.2, 0.25) is 0 Å². The molecule has 0 fully saturated rings. The molecule has 0 saturated heterocycles. The van der Waals surface area contributed by atoms with Crippen molar-refractivity contribution < 1.29 is 31.5 Å². The standard InChI is InChI=1S/C8H11F5O2S/c1-5(6(14)15-2)16-4-3-7(9,10)8(11,12)13/h5H,3-4H2,1-2H3. The van der Waals surface area contributed by atoms with Gasteiger partial charge in [-0.1, -0.05) is 0 Å². The Bertz CT molecular complexity index is 241. The fourth-order valence-corrected chi connectivity index (χ4v) is 1.70. The molecule has 0 rings (SSSR count). The Morgan fingerprint density at radius 3 is 2.19 bits per heavy atom. The van der Waals surface area contributed by atoms with Gasteiger partial charge in [-0.15, -0.1) is 11.8 Å². The van der Waals surface area contributed by atoms with E-state index in [1.54, 1.807) is 0 Å². The van der Waals surface area contributed by atoms with Crippen molar-refractivity contribution in [2.75, 3.05) is 12.9 Å². The molecule has 0 aliphatic carbocycles. The molecule has 1 atom stereocenters. The maximum atomic E-state index is 12.4. The summed E-state index contributed by atoms with van der Waals surface area (Å²) < 4.78 is 64.3. The van der Waals surface area contributed by atoms with Crippen LogP contribution < -0.4 is 0 Å². The summed E-state index contributed by atoms with van der Waals surface area (Å²) in [7, 11) is 1.11. The predicted molar refractivity (Wildman–Crippen MR) is 49.6 cm³/mol. The van der Waals surface area contributed by atoms with Crippen LogP contribution >= 0.6 is 11.8 Å². The fraction of sp³-hybridized carbons (Fsp3) is 0.875. The van der Waals surface area contributed by atoms with Crippen molar-refractivity contribution >= 4 is 17.7 Å². The predicted octanol–water partition coefficient (Wildman–Crippen LogP) is 2.87. The lowest BCUT2D eigenvalue weighted by Crippen LogP contribution is -2.37. The van der Waals surface area contributed by atoms with E-state index >= 15 is 0 Å². The zero-order valence-electron chi connectivity index (χ0n) is 8.61. The second kappa shape index (κ2) is 5.70. The SMILES string of the molecule is COC(=O)C(C)SCCC(F)(F)C(F)(F)F. The number of carbonyl (C=O) groups excluding carboxylic acids is 1. The molecule has 0 radical (unpaired) electrons. The second-order valence-corrected chi connectivity index (χ2v) is 4.44. The number of halogens is 5. The average molecular weight is 266 g/mol. The van der Waals surface area contributed by atoms with Crippen molar-refractivity contribution in [2.24, 2.45) is 0 Å². The molecule has 1 unspecified atom stereocenters. The van der Waals surface area contributed by atoms with Gasteiger partial charge in [0.05, 0.1) is 12.4 Å². The van der Waals surface area contributed by atoms with Gasteiger partial charge in [-0.3, -0.25) is 4.79 Å². The molecule has 0 saturated carbocycles. The van der Waals surface area contributed by atoms with Crippen LogP contribution in [0.5, 0.6) is 0 Å². The number of hydrogen-bond donors (Lipinski definition) is 0. The van der Waals surface area contributed by atoms with E-state index in [1.165, 1.54) is 6.92 Å². The molecule has 0 bridgehead atoms. The molecule has 0 aromatic rings. The lowest BCUT2D eigenvalue weighted by atomic mass is 10.2. The minimum Gasteiger partial charge on any atom is -0.468 e. The molecule has 0 aliphatic heterocycles. The molecule has 0 amide bonds. The van der Waals surface area contributed by atoms with E-state index in [0.717, 1.165) is 7.11 Å². The van der Waals surface area contributed by atoms with E-state index in [2.05, 4.69) is 4.74 Å². The highest BCUT2D eigenvalue weighted by molar-refractivity contribution is 8.00. The number of thioether (sulfide) groups is 1. The second-order valence-electron chi connectivity index (χ2n) is 2.99. The fourth-order valence-electron chi connectivity index (χ4n) is 0.740. The third-order valence-corrected chi connectivity index (χ3v) is 2.86. The van der Waals surface area contributed by atoms with Gasteiger partial charge in [0.2, 0.25) is 0 Å². The Kier molecular flexibility index (Phi) is 5.51. The van der Waals surface area contributed by atoms with Crippen molar-refractivity contribution in [1.29, 1.82) is 0 Å². The van der Waals surface area contributed by atoms with Crippen LogP contribution in [-0.4, -0.2) is 36.2 Å². The van der Waals surface area contributed by atoms with Gasteiger partial charge >= 0.3 is 18.1 Å². The van der Waals surface area contributed by atoms with Gasteiger partial charge in [0.1, 0.15) is 0 Å². The summed E-state index contributed by atoms with van der Waals surface area (Å²) in [5.74, 6) is -5.83. The lowest BCUT2D eigenvalue weighted by Gasteiger charge is -2.19. The Balaban J connectivity index is 4.04. The normalized spacial score (nSPS) is 14.7. The van der Waals surface area contributed by atoms with Crippen molar-refractivity contribution in [3.05, 3.63) is 0 Å². The van der Waals surface area contributed by atoms with E-state index in [4.69, 9.17) is 0 Å². The largest absolute Gasteiger partial charge is 0.468 e. The van der Waals surface area contributed by atoms with Crippen LogP contribution in [0.3, 0.4) is 0 Å². The average Bonchev–Trinajstić information content (AvgIpc) is 2.14. The lowest BCUT2D eigenvalue weighted by molar-refractivity contribution is -0.282. The number of carbonyl (C=O) groups is 1. The van der Waals surface area contributed by atoms with E-state index in [0.29, 0.717) is 11.8 Å². The van der Waals surface area contributed by atoms with Gasteiger partial charge in [-0.2, -0.15) is 22.0 Å². The third-order valence-electron chi connectivity index (χ3n) is 1.73. The highest BCUT2D eigenvalue weighted by atomic mass is 32.2. The Morgan fingerprint density at radius 1 is 1.31 bits per heavy atom. The topological polar surface area (TPSA) is 26.3 Å². The van der Waals surface area contributed by atoms with Crippen LogP contribution in [0.15, 0.2) is 0 Å². The number of alkyl halides is 5. The van der Waals surface area contributed by atoms with Gasteiger partial charge in [-0.25, -0.2) is 0 Å². The number of hydrogen-bond acceptors (Lipinski definition) is 3. The molecule has 0 N–H and O–H groups in total. The molecule has 96 valence electrons. The third kappa shape index (κ3) is 4.54. The van der Waals surface area contributed by atoms with Crippen molar-refractivity contribution in [3.8, 4) is 0 Å². The van der Waals surface area contributed by atoms with Gasteiger partial charge in [0.15, 0.2) is 0 Å². The van der Waals surface area contributed by atoms with Crippen LogP contribution in [-0.2, 0) is 9.53 Å². The molecule has 8 heteroatoms. The number of esters is 1. The zero-order chi connectivity index (χ0) is 13.0. The summed E-state index contributed by atoms with van der Waals surface area (Å²) in [5, 5.41) is -0.756. The first-order valence-corrected chi connectivity index (χ1v) is 5.30. The van der Waals surface area contributed by atoms with Crippen LogP contribution in [0, 0.1) is 0 Å². The van der Waals surface area contributed by atoms with Gasteiger partial charge in [-0.05, 0) is 6.92 Å².